The van der Waals surface area contributed by atoms with Crippen LogP contribution in [-0.2, 0) is 14.3 Å². The number of rotatable bonds is 2. The predicted molar refractivity (Wildman–Crippen MR) is 78.8 cm³/mol. The van der Waals surface area contributed by atoms with Gasteiger partial charge in [0.2, 0.25) is 5.91 Å². The van der Waals surface area contributed by atoms with E-state index in [0.29, 0.717) is 18.2 Å². The van der Waals surface area contributed by atoms with Gasteiger partial charge in [0, 0.05) is 23.7 Å². The van der Waals surface area contributed by atoms with Crippen LogP contribution in [0.3, 0.4) is 0 Å². The van der Waals surface area contributed by atoms with Crippen molar-refractivity contribution in [3.05, 3.63) is 0 Å². The number of hydrogen-bond donors (Lipinski definition) is 2. The quantitative estimate of drug-likeness (QED) is 0.771. The summed E-state index contributed by atoms with van der Waals surface area (Å²) in [4.78, 5) is 25.8. The Morgan fingerprint density at radius 3 is 2.81 bits per heavy atom. The van der Waals surface area contributed by atoms with Gasteiger partial charge in [-0.15, -0.1) is 11.8 Å². The van der Waals surface area contributed by atoms with Gasteiger partial charge in [-0.3, -0.25) is 4.79 Å². The Kier molecular flexibility index (Phi) is 3.50. The summed E-state index contributed by atoms with van der Waals surface area (Å²) < 4.78 is 5.80. The number of thioether (sulfide) groups is 1. The van der Waals surface area contributed by atoms with Crippen LogP contribution in [0.1, 0.15) is 26.7 Å². The largest absolute Gasteiger partial charge is 0.480 e. The summed E-state index contributed by atoms with van der Waals surface area (Å²) in [5, 5.41) is 9.28. The molecule has 2 heterocycles. The van der Waals surface area contributed by atoms with Crippen molar-refractivity contribution >= 4 is 23.6 Å². The Labute approximate surface area is 128 Å². The molecule has 2 aliphatic heterocycles. The summed E-state index contributed by atoms with van der Waals surface area (Å²) >= 11 is 1.46. The van der Waals surface area contributed by atoms with E-state index < -0.39 is 23.0 Å². The second-order valence-electron chi connectivity index (χ2n) is 6.76. The standard InChI is InChI=1S/C14H22N2O4S/c1-13(2)10-8(4-3-5-20-10)14(13,15)12(19)16-7-21-6-9(16)11(17)18/h8-10H,3-7,15H2,1-2H3,(H,17,18)/t8?,9-,10?,14?/m0/s1. The van der Waals surface area contributed by atoms with Gasteiger partial charge < -0.3 is 20.5 Å². The number of nitrogens with two attached hydrogens (primary N) is 1. The number of aliphatic carboxylic acids is 1. The van der Waals surface area contributed by atoms with E-state index in [1.54, 1.807) is 0 Å². The molecule has 21 heavy (non-hydrogen) atoms. The molecule has 0 bridgehead atoms. The molecular weight excluding hydrogens is 292 g/mol. The van der Waals surface area contributed by atoms with Crippen molar-refractivity contribution in [2.75, 3.05) is 18.2 Å². The van der Waals surface area contributed by atoms with Gasteiger partial charge in [0.25, 0.3) is 0 Å². The highest BCUT2D eigenvalue weighted by Gasteiger charge is 2.71. The number of ether oxygens (including phenoxy) is 1. The highest BCUT2D eigenvalue weighted by atomic mass is 32.2. The van der Waals surface area contributed by atoms with Crippen LogP contribution >= 0.6 is 11.8 Å². The molecule has 0 spiro atoms. The lowest BCUT2D eigenvalue weighted by Crippen LogP contribution is -2.82. The number of nitrogens with zero attached hydrogens (tertiary/aromatic N) is 1. The van der Waals surface area contributed by atoms with E-state index in [2.05, 4.69) is 0 Å². The maximum absolute atomic E-state index is 13.0. The van der Waals surface area contributed by atoms with E-state index >= 15 is 0 Å². The number of carbonyl (C=O) groups excluding carboxylic acids is 1. The van der Waals surface area contributed by atoms with E-state index in [9.17, 15) is 14.7 Å². The van der Waals surface area contributed by atoms with Crippen molar-refractivity contribution < 1.29 is 19.4 Å². The van der Waals surface area contributed by atoms with Crippen LogP contribution in [0.15, 0.2) is 0 Å². The Balaban J connectivity index is 1.87. The summed E-state index contributed by atoms with van der Waals surface area (Å²) in [6.45, 7) is 4.62. The van der Waals surface area contributed by atoms with Gasteiger partial charge in [-0.05, 0) is 12.8 Å². The second-order valence-corrected chi connectivity index (χ2v) is 7.76. The van der Waals surface area contributed by atoms with Crippen LogP contribution in [0.5, 0.6) is 0 Å². The van der Waals surface area contributed by atoms with E-state index in [1.165, 1.54) is 16.7 Å². The van der Waals surface area contributed by atoms with Crippen LogP contribution in [0, 0.1) is 11.3 Å². The zero-order valence-electron chi connectivity index (χ0n) is 12.4. The lowest BCUT2D eigenvalue weighted by molar-refractivity contribution is -0.230. The molecule has 1 saturated carbocycles. The highest BCUT2D eigenvalue weighted by Crippen LogP contribution is 2.58. The van der Waals surface area contributed by atoms with Crippen LogP contribution in [-0.4, -0.2) is 57.8 Å². The third-order valence-corrected chi connectivity index (χ3v) is 6.48. The molecule has 3 fully saturated rings. The molecule has 7 heteroatoms. The molecular formula is C14H22N2O4S. The first-order valence-corrected chi connectivity index (χ1v) is 8.49. The topological polar surface area (TPSA) is 92.9 Å². The number of amides is 1. The van der Waals surface area contributed by atoms with Crippen molar-refractivity contribution in [3.8, 4) is 0 Å². The number of fused-ring (bicyclic) bond motifs is 1. The molecule has 4 atom stereocenters. The van der Waals surface area contributed by atoms with E-state index in [0.717, 1.165) is 12.8 Å². The zero-order valence-corrected chi connectivity index (χ0v) is 13.2. The fourth-order valence-corrected chi connectivity index (χ4v) is 5.24. The number of hydrogen-bond acceptors (Lipinski definition) is 5. The van der Waals surface area contributed by atoms with E-state index in [1.807, 2.05) is 13.8 Å². The molecule has 3 rings (SSSR count). The van der Waals surface area contributed by atoms with Crippen molar-refractivity contribution in [1.29, 1.82) is 0 Å². The fraction of sp³-hybridized carbons (Fsp3) is 0.857. The molecule has 6 nitrogen and oxygen atoms in total. The smallest absolute Gasteiger partial charge is 0.327 e. The van der Waals surface area contributed by atoms with Crippen LogP contribution < -0.4 is 5.73 Å². The summed E-state index contributed by atoms with van der Waals surface area (Å²) in [5.74, 6) is -0.346. The van der Waals surface area contributed by atoms with Crippen molar-refractivity contribution in [2.24, 2.45) is 17.1 Å². The van der Waals surface area contributed by atoms with Crippen LogP contribution in [0.2, 0.25) is 0 Å². The maximum Gasteiger partial charge on any atom is 0.327 e. The van der Waals surface area contributed by atoms with Gasteiger partial charge in [0.05, 0.1) is 12.0 Å². The molecule has 3 aliphatic rings. The summed E-state index contributed by atoms with van der Waals surface area (Å²) in [5.41, 5.74) is 5.06. The van der Waals surface area contributed by atoms with Crippen molar-refractivity contribution in [1.82, 2.24) is 4.90 Å². The molecule has 2 saturated heterocycles. The number of carboxylic acids is 1. The average molecular weight is 314 g/mol. The monoisotopic (exact) mass is 314 g/mol. The molecule has 118 valence electrons. The number of carboxylic acid groups (broad SMARTS) is 1. The fourth-order valence-electron chi connectivity index (χ4n) is 4.10. The second kappa shape index (κ2) is 4.86. The summed E-state index contributed by atoms with van der Waals surface area (Å²) in [6.07, 6.45) is 1.77. The third-order valence-electron chi connectivity index (χ3n) is 5.47. The third kappa shape index (κ3) is 1.87. The molecule has 0 radical (unpaired) electrons. The minimum atomic E-state index is -1.02. The van der Waals surface area contributed by atoms with Gasteiger partial charge in [-0.25, -0.2) is 4.79 Å². The average Bonchev–Trinajstić information content (AvgIpc) is 2.95. The molecule has 0 aromatic carbocycles. The summed E-state index contributed by atoms with van der Waals surface area (Å²) in [6, 6.07) is -0.762. The van der Waals surface area contributed by atoms with Gasteiger partial charge in [0.15, 0.2) is 0 Å². The van der Waals surface area contributed by atoms with Crippen LogP contribution in [0.25, 0.3) is 0 Å². The first-order valence-electron chi connectivity index (χ1n) is 7.34. The Morgan fingerprint density at radius 2 is 2.14 bits per heavy atom. The van der Waals surface area contributed by atoms with Crippen molar-refractivity contribution in [2.45, 2.75) is 44.4 Å². The van der Waals surface area contributed by atoms with Gasteiger partial charge in [-0.2, -0.15) is 0 Å². The Hall–Kier alpha value is -0.790. The number of carbonyl (C=O) groups is 2. The molecule has 1 amide bonds. The van der Waals surface area contributed by atoms with E-state index in [4.69, 9.17) is 10.5 Å². The minimum absolute atomic E-state index is 0.00117. The molecule has 3 N–H and O–H groups in total. The molecule has 0 aromatic rings. The van der Waals surface area contributed by atoms with Crippen LogP contribution in [0.4, 0.5) is 0 Å². The Bertz CT molecular complexity index is 484. The minimum Gasteiger partial charge on any atom is -0.480 e. The lowest BCUT2D eigenvalue weighted by atomic mass is 9.46. The molecule has 3 unspecified atom stereocenters. The van der Waals surface area contributed by atoms with Gasteiger partial charge in [0.1, 0.15) is 11.6 Å². The van der Waals surface area contributed by atoms with Crippen molar-refractivity contribution in [3.63, 3.8) is 0 Å². The first kappa shape index (κ1) is 15.1. The zero-order chi connectivity index (χ0) is 15.4. The SMILES string of the molecule is CC1(C)C2OCCCC2C1(N)C(=O)N1CSC[C@H]1C(=O)O. The van der Waals surface area contributed by atoms with Gasteiger partial charge >= 0.3 is 5.97 Å². The Morgan fingerprint density at radius 1 is 1.43 bits per heavy atom. The predicted octanol–water partition coefficient (Wildman–Crippen LogP) is 0.505. The normalized spacial score (nSPS) is 41.3. The van der Waals surface area contributed by atoms with Gasteiger partial charge in [-0.1, -0.05) is 13.8 Å². The van der Waals surface area contributed by atoms with E-state index in [-0.39, 0.29) is 17.9 Å². The maximum atomic E-state index is 13.0. The first-order chi connectivity index (χ1) is 9.81. The molecule has 0 aromatic heterocycles. The highest BCUT2D eigenvalue weighted by molar-refractivity contribution is 7.99. The summed E-state index contributed by atoms with van der Waals surface area (Å²) in [7, 11) is 0. The molecule has 1 aliphatic carbocycles. The lowest BCUT2D eigenvalue weighted by Gasteiger charge is -2.65.